The fourth-order valence-electron chi connectivity index (χ4n) is 5.63. The first-order valence-corrected chi connectivity index (χ1v) is 12.9. The average molecular weight is 595 g/mol. The van der Waals surface area contributed by atoms with E-state index in [1.54, 1.807) is 0 Å². The minimum atomic E-state index is -3.22. The number of carbonyl (C=O) groups excluding carboxylic acids is 2. The van der Waals surface area contributed by atoms with Crippen molar-refractivity contribution in [3.8, 4) is 5.75 Å². The number of Topliss-reactive ketones (excluding diaryl/α,β-unsaturated/α-hetero) is 1. The monoisotopic (exact) mass is 594 g/mol. The van der Waals surface area contributed by atoms with E-state index in [1.807, 2.05) is 0 Å². The van der Waals surface area contributed by atoms with Gasteiger partial charge in [-0.15, -0.1) is 0 Å². The van der Waals surface area contributed by atoms with Gasteiger partial charge in [0.2, 0.25) is 11.4 Å². The predicted octanol–water partition coefficient (Wildman–Crippen LogP) is -3.92. The molecule has 1 aromatic rings. The molecule has 0 saturated carbocycles. The summed E-state index contributed by atoms with van der Waals surface area (Å²) in [6, 6.07) is 5.53. The molecule has 15 nitrogen and oxygen atoms in total. The number of allylic oxidation sites excluding steroid dienone is 1. The Balaban J connectivity index is 1.64. The van der Waals surface area contributed by atoms with Crippen molar-refractivity contribution in [1.82, 2.24) is 0 Å². The van der Waals surface area contributed by atoms with Crippen molar-refractivity contribution in [3.63, 3.8) is 0 Å². The molecule has 1 aliphatic carbocycles. The Labute approximate surface area is 237 Å². The summed E-state index contributed by atoms with van der Waals surface area (Å²) >= 11 is 0. The molecule has 0 aromatic heterocycles. The maximum absolute atomic E-state index is 13.9. The molecule has 2 saturated heterocycles. The summed E-state index contributed by atoms with van der Waals surface area (Å²) in [5.74, 6) is -4.64. The minimum absolute atomic E-state index is 0.0536. The summed E-state index contributed by atoms with van der Waals surface area (Å²) in [6.45, 7) is -1.73. The van der Waals surface area contributed by atoms with Crippen molar-refractivity contribution >= 4 is 17.6 Å². The van der Waals surface area contributed by atoms with Gasteiger partial charge in [0.05, 0.1) is 18.8 Å². The largest absolute Gasteiger partial charge is 0.508 e. The van der Waals surface area contributed by atoms with E-state index in [4.69, 9.17) is 14.2 Å². The molecule has 3 aliphatic heterocycles. The van der Waals surface area contributed by atoms with Crippen molar-refractivity contribution < 1.29 is 74.9 Å². The highest BCUT2D eigenvalue weighted by Gasteiger charge is 2.67. The van der Waals surface area contributed by atoms with Gasteiger partial charge in [-0.3, -0.25) is 9.59 Å². The van der Waals surface area contributed by atoms with Crippen molar-refractivity contribution in [1.29, 1.82) is 0 Å². The van der Waals surface area contributed by atoms with Crippen LogP contribution in [0.15, 0.2) is 53.0 Å². The molecule has 0 spiro atoms. The lowest BCUT2D eigenvalue weighted by Crippen LogP contribution is -2.68. The van der Waals surface area contributed by atoms with Gasteiger partial charge in [0, 0.05) is 0 Å². The summed E-state index contributed by atoms with van der Waals surface area (Å²) in [6.07, 6.45) is -16.0. The second kappa shape index (κ2) is 11.1. The van der Waals surface area contributed by atoms with Crippen LogP contribution in [0.3, 0.4) is 0 Å². The molecule has 228 valence electrons. The molecule has 42 heavy (non-hydrogen) atoms. The zero-order valence-corrected chi connectivity index (χ0v) is 21.7. The van der Waals surface area contributed by atoms with Gasteiger partial charge in [-0.05, 0) is 23.8 Å². The van der Waals surface area contributed by atoms with Crippen LogP contribution in [0.1, 0.15) is 5.56 Å². The maximum Gasteiger partial charge on any atom is 0.214 e. The molecular weight excluding hydrogens is 564 g/mol. The van der Waals surface area contributed by atoms with Gasteiger partial charge in [0.1, 0.15) is 77.8 Å². The van der Waals surface area contributed by atoms with Crippen molar-refractivity contribution in [3.05, 3.63) is 58.6 Å². The Morgan fingerprint density at radius 1 is 0.857 bits per heavy atom. The van der Waals surface area contributed by atoms with Crippen LogP contribution < -0.4 is 0 Å². The maximum atomic E-state index is 13.9. The normalized spacial score (nSPS) is 40.2. The van der Waals surface area contributed by atoms with Crippen LogP contribution >= 0.6 is 0 Å². The zero-order chi connectivity index (χ0) is 30.7. The molecule has 10 N–H and O–H groups in total. The van der Waals surface area contributed by atoms with E-state index in [0.717, 1.165) is 6.08 Å². The third kappa shape index (κ3) is 4.55. The molecule has 3 heterocycles. The fourth-order valence-corrected chi connectivity index (χ4v) is 5.63. The number of phenolic OH excluding ortho intramolecular Hbond substituents is 1. The SMILES string of the molecule is O=C(/C=C/c1ccc(O)cc1)C1=C(O)C2=C(OC3C2OC(CO)C(O)C3O)C(O)([C@@H]2O[C@H](CO)[C@@H](O)[C@H](O)[C@H]2O)C1=O. The molecule has 6 unspecified atom stereocenters. The molecule has 0 bridgehead atoms. The van der Waals surface area contributed by atoms with Gasteiger partial charge in [0.15, 0.2) is 11.9 Å². The summed E-state index contributed by atoms with van der Waals surface area (Å²) in [4.78, 5) is 27.3. The number of fused-ring (bicyclic) bond motifs is 2. The average Bonchev–Trinajstić information content (AvgIpc) is 3.37. The number of hydrogen-bond acceptors (Lipinski definition) is 15. The summed E-state index contributed by atoms with van der Waals surface area (Å²) in [5.41, 5.74) is -4.38. The van der Waals surface area contributed by atoms with E-state index in [0.29, 0.717) is 5.56 Å². The Hall–Kier alpha value is -3.22. The molecule has 0 amide bonds. The molecule has 0 radical (unpaired) electrons. The quantitative estimate of drug-likeness (QED) is 0.111. The topological polar surface area (TPSA) is 264 Å². The molecule has 15 heteroatoms. The van der Waals surface area contributed by atoms with Gasteiger partial charge >= 0.3 is 0 Å². The Morgan fingerprint density at radius 3 is 2.07 bits per heavy atom. The Morgan fingerprint density at radius 2 is 1.45 bits per heavy atom. The van der Waals surface area contributed by atoms with Gasteiger partial charge in [-0.1, -0.05) is 18.2 Å². The van der Waals surface area contributed by atoms with Crippen LogP contribution in [0.5, 0.6) is 5.75 Å². The van der Waals surface area contributed by atoms with Crippen LogP contribution in [0.25, 0.3) is 6.08 Å². The van der Waals surface area contributed by atoms with E-state index in [2.05, 4.69) is 0 Å². The third-order valence-electron chi connectivity index (χ3n) is 7.93. The van der Waals surface area contributed by atoms with Gasteiger partial charge in [-0.25, -0.2) is 0 Å². The highest BCUT2D eigenvalue weighted by molar-refractivity contribution is 6.29. The van der Waals surface area contributed by atoms with E-state index < -0.39 is 114 Å². The summed E-state index contributed by atoms with van der Waals surface area (Å²) in [7, 11) is 0. The van der Waals surface area contributed by atoms with E-state index in [-0.39, 0.29) is 5.75 Å². The summed E-state index contributed by atoms with van der Waals surface area (Å²) in [5, 5.41) is 105. The number of hydrogen-bond donors (Lipinski definition) is 10. The molecule has 11 atom stereocenters. The molecular formula is C27H30O15. The lowest BCUT2D eigenvalue weighted by Gasteiger charge is -2.47. The first kappa shape index (κ1) is 30.2. The van der Waals surface area contributed by atoms with Crippen molar-refractivity contribution in [2.24, 2.45) is 0 Å². The second-order valence-corrected chi connectivity index (χ2v) is 10.4. The van der Waals surface area contributed by atoms with Crippen molar-refractivity contribution in [2.45, 2.75) is 66.6 Å². The van der Waals surface area contributed by atoms with Gasteiger partial charge in [-0.2, -0.15) is 0 Å². The number of phenols is 1. The molecule has 5 rings (SSSR count). The van der Waals surface area contributed by atoms with Crippen LogP contribution in [-0.4, -0.2) is 142 Å². The minimum Gasteiger partial charge on any atom is -0.508 e. The Kier molecular flexibility index (Phi) is 8.01. The number of aromatic hydroxyl groups is 1. The number of ketones is 2. The van der Waals surface area contributed by atoms with E-state index in [9.17, 15) is 60.7 Å². The second-order valence-electron chi connectivity index (χ2n) is 10.4. The molecule has 1 aromatic carbocycles. The van der Waals surface area contributed by atoms with Gasteiger partial charge < -0.3 is 65.3 Å². The number of benzene rings is 1. The van der Waals surface area contributed by atoms with Crippen LogP contribution in [-0.2, 0) is 23.8 Å². The first-order valence-electron chi connectivity index (χ1n) is 12.9. The smallest absolute Gasteiger partial charge is 0.214 e. The lowest BCUT2D eigenvalue weighted by molar-refractivity contribution is -0.266. The Bertz CT molecular complexity index is 1330. The number of carbonyl (C=O) groups is 2. The number of aliphatic hydroxyl groups excluding tert-OH is 8. The molecule has 2 fully saturated rings. The highest BCUT2D eigenvalue weighted by Crippen LogP contribution is 2.50. The zero-order valence-electron chi connectivity index (χ0n) is 21.7. The standard InChI is InChI=1S/C27H30O15/c28-7-12-17(33)20(36)23-22(40-12)15-18(34)14(11(31)6-3-9-1-4-10(30)5-2-9)24(38)27(39,25(15)42-23)26-21(37)19(35)16(32)13(8-29)41-26/h1-6,12-13,16-17,19-23,26,28-30,32-37,39H,7-8H2/b6-3+/t12?,13-,16-,17?,19+,20?,21-,22?,23?,26-,27?/m1/s1. The number of aliphatic hydroxyl groups is 9. The van der Waals surface area contributed by atoms with E-state index in [1.165, 1.54) is 30.3 Å². The predicted molar refractivity (Wildman–Crippen MR) is 135 cm³/mol. The lowest BCUT2D eigenvalue weighted by atomic mass is 9.73. The fraction of sp³-hybridized carbons (Fsp3) is 0.481. The number of rotatable bonds is 6. The summed E-state index contributed by atoms with van der Waals surface area (Å²) < 4.78 is 16.7. The highest BCUT2D eigenvalue weighted by atomic mass is 16.6. The van der Waals surface area contributed by atoms with Crippen LogP contribution in [0.2, 0.25) is 0 Å². The number of ether oxygens (including phenoxy) is 3. The van der Waals surface area contributed by atoms with Gasteiger partial charge in [0.25, 0.3) is 0 Å². The molecule has 4 aliphatic rings. The van der Waals surface area contributed by atoms with Crippen LogP contribution in [0, 0.1) is 0 Å². The van der Waals surface area contributed by atoms with Crippen molar-refractivity contribution in [2.75, 3.05) is 13.2 Å². The van der Waals surface area contributed by atoms with E-state index >= 15 is 0 Å². The first-order chi connectivity index (χ1) is 19.9. The van der Waals surface area contributed by atoms with Crippen LogP contribution in [0.4, 0.5) is 0 Å². The third-order valence-corrected chi connectivity index (χ3v) is 7.93.